The summed E-state index contributed by atoms with van der Waals surface area (Å²) in [5, 5.41) is 13.3. The third-order valence-electron chi connectivity index (χ3n) is 3.43. The molecule has 0 unspecified atom stereocenters. The van der Waals surface area contributed by atoms with Gasteiger partial charge in [0.25, 0.3) is 5.91 Å². The summed E-state index contributed by atoms with van der Waals surface area (Å²) in [6, 6.07) is 13.1. The second-order valence-electron chi connectivity index (χ2n) is 5.48. The van der Waals surface area contributed by atoms with E-state index < -0.39 is 29.7 Å². The highest BCUT2D eigenvalue weighted by atomic mass is 19.1. The summed E-state index contributed by atoms with van der Waals surface area (Å²) >= 11 is 0. The third kappa shape index (κ3) is 5.64. The number of hydrogen-bond acceptors (Lipinski definition) is 5. The van der Waals surface area contributed by atoms with Gasteiger partial charge in [-0.2, -0.15) is 5.26 Å². The Labute approximate surface area is 154 Å². The van der Waals surface area contributed by atoms with Crippen LogP contribution >= 0.6 is 0 Å². The quantitative estimate of drug-likeness (QED) is 0.761. The number of benzene rings is 2. The Hall–Kier alpha value is -3.73. The highest BCUT2D eigenvalue weighted by Crippen LogP contribution is 2.15. The van der Waals surface area contributed by atoms with Gasteiger partial charge in [0.15, 0.2) is 6.10 Å². The zero-order valence-electron chi connectivity index (χ0n) is 14.4. The van der Waals surface area contributed by atoms with Crippen molar-refractivity contribution in [2.24, 2.45) is 0 Å². The molecule has 0 aliphatic heterocycles. The predicted molar refractivity (Wildman–Crippen MR) is 95.2 cm³/mol. The molecule has 0 aromatic heterocycles. The first-order chi connectivity index (χ1) is 12.9. The van der Waals surface area contributed by atoms with E-state index in [0.717, 1.165) is 0 Å². The number of rotatable bonds is 6. The lowest BCUT2D eigenvalue weighted by atomic mass is 10.2. The van der Waals surface area contributed by atoms with E-state index >= 15 is 0 Å². The number of ether oxygens (including phenoxy) is 1. The smallest absolute Gasteiger partial charge is 0.338 e. The lowest BCUT2D eigenvalue weighted by Crippen LogP contribution is -2.30. The number of anilines is 2. The zero-order chi connectivity index (χ0) is 19.8. The number of halogens is 1. The van der Waals surface area contributed by atoms with E-state index in [1.807, 2.05) is 0 Å². The number of amides is 2. The zero-order valence-corrected chi connectivity index (χ0v) is 14.4. The van der Waals surface area contributed by atoms with Gasteiger partial charge in [-0.25, -0.2) is 9.18 Å². The van der Waals surface area contributed by atoms with E-state index in [9.17, 15) is 18.8 Å². The number of para-hydroxylation sites is 1. The average Bonchev–Trinajstić information content (AvgIpc) is 2.64. The summed E-state index contributed by atoms with van der Waals surface area (Å²) in [5.41, 5.74) is 0.568. The van der Waals surface area contributed by atoms with Crippen molar-refractivity contribution in [2.75, 3.05) is 10.6 Å². The van der Waals surface area contributed by atoms with Gasteiger partial charge in [0, 0.05) is 5.69 Å². The maximum absolute atomic E-state index is 13.5. The predicted octanol–water partition coefficient (Wildman–Crippen LogP) is 2.86. The minimum Gasteiger partial charge on any atom is -0.449 e. The van der Waals surface area contributed by atoms with Gasteiger partial charge in [0.2, 0.25) is 5.91 Å². The van der Waals surface area contributed by atoms with Crippen LogP contribution in [0.1, 0.15) is 23.7 Å². The Kier molecular flexibility index (Phi) is 6.61. The molecular weight excluding hydrogens is 353 g/mol. The fourth-order valence-corrected chi connectivity index (χ4v) is 2.05. The second kappa shape index (κ2) is 9.10. The van der Waals surface area contributed by atoms with Crippen LogP contribution in [0.4, 0.5) is 15.8 Å². The van der Waals surface area contributed by atoms with Crippen molar-refractivity contribution in [1.29, 1.82) is 5.26 Å². The minimum atomic E-state index is -1.15. The van der Waals surface area contributed by atoms with E-state index in [1.165, 1.54) is 49.4 Å². The lowest BCUT2D eigenvalue weighted by Gasteiger charge is -2.14. The van der Waals surface area contributed by atoms with Crippen LogP contribution in [-0.2, 0) is 14.3 Å². The van der Waals surface area contributed by atoms with E-state index in [0.29, 0.717) is 5.69 Å². The highest BCUT2D eigenvalue weighted by Gasteiger charge is 2.20. The third-order valence-corrected chi connectivity index (χ3v) is 3.43. The largest absolute Gasteiger partial charge is 0.449 e. The first-order valence-corrected chi connectivity index (χ1v) is 7.94. The molecule has 0 heterocycles. The van der Waals surface area contributed by atoms with Crippen LogP contribution in [0.25, 0.3) is 0 Å². The van der Waals surface area contributed by atoms with Crippen molar-refractivity contribution in [3.05, 3.63) is 59.9 Å². The minimum absolute atomic E-state index is 0.0112. The van der Waals surface area contributed by atoms with Crippen LogP contribution in [0.15, 0.2) is 48.5 Å². The molecule has 7 nitrogen and oxygen atoms in total. The number of nitriles is 1. The maximum atomic E-state index is 13.5. The molecule has 27 heavy (non-hydrogen) atoms. The van der Waals surface area contributed by atoms with E-state index in [-0.39, 0.29) is 17.7 Å². The van der Waals surface area contributed by atoms with Crippen molar-refractivity contribution in [2.45, 2.75) is 19.4 Å². The first-order valence-electron chi connectivity index (χ1n) is 7.94. The molecule has 0 saturated heterocycles. The number of carbonyl (C=O) groups excluding carboxylic acids is 3. The van der Waals surface area contributed by atoms with Crippen LogP contribution in [-0.4, -0.2) is 23.9 Å². The average molecular weight is 369 g/mol. The summed E-state index contributed by atoms with van der Waals surface area (Å²) < 4.78 is 18.6. The van der Waals surface area contributed by atoms with Crippen LogP contribution < -0.4 is 10.6 Å². The Morgan fingerprint density at radius 2 is 1.78 bits per heavy atom. The second-order valence-corrected chi connectivity index (χ2v) is 5.48. The van der Waals surface area contributed by atoms with Crippen molar-refractivity contribution in [1.82, 2.24) is 0 Å². The van der Waals surface area contributed by atoms with Gasteiger partial charge in [-0.05, 0) is 43.3 Å². The number of nitrogens with zero attached hydrogens (tertiary/aromatic N) is 1. The van der Waals surface area contributed by atoms with Crippen molar-refractivity contribution < 1.29 is 23.5 Å². The number of hydrogen-bond donors (Lipinski definition) is 2. The molecule has 0 bridgehead atoms. The van der Waals surface area contributed by atoms with Crippen LogP contribution in [0, 0.1) is 17.1 Å². The lowest BCUT2D eigenvalue weighted by molar-refractivity contribution is -0.123. The van der Waals surface area contributed by atoms with Gasteiger partial charge < -0.3 is 15.4 Å². The van der Waals surface area contributed by atoms with E-state index in [2.05, 4.69) is 10.6 Å². The topological polar surface area (TPSA) is 108 Å². The Morgan fingerprint density at radius 3 is 2.41 bits per heavy atom. The molecule has 0 aliphatic carbocycles. The number of nitrogens with one attached hydrogen (secondary N) is 2. The maximum Gasteiger partial charge on any atom is 0.338 e. The summed E-state index contributed by atoms with van der Waals surface area (Å²) in [5.74, 6) is -2.49. The molecule has 2 aromatic carbocycles. The van der Waals surface area contributed by atoms with Gasteiger partial charge >= 0.3 is 5.97 Å². The van der Waals surface area contributed by atoms with Gasteiger partial charge in [-0.1, -0.05) is 12.1 Å². The standard InChI is InChI=1S/C19H16FN3O4/c1-12(18(25)23-16-5-3-2-4-15(16)20)27-19(26)13-6-8-14(9-7-13)22-17(24)10-11-21/h2-9,12H,10H2,1H3,(H,22,24)(H,23,25)/t12-/m0/s1. The Morgan fingerprint density at radius 1 is 1.11 bits per heavy atom. The van der Waals surface area contributed by atoms with E-state index in [1.54, 1.807) is 12.1 Å². The molecule has 8 heteroatoms. The van der Waals surface area contributed by atoms with E-state index in [4.69, 9.17) is 10.00 Å². The summed E-state index contributed by atoms with van der Waals surface area (Å²) in [7, 11) is 0. The molecule has 0 spiro atoms. The number of esters is 1. The molecule has 2 N–H and O–H groups in total. The molecule has 2 aromatic rings. The molecule has 0 saturated carbocycles. The molecule has 0 aliphatic rings. The van der Waals surface area contributed by atoms with Gasteiger partial charge in [0.1, 0.15) is 12.2 Å². The molecule has 2 rings (SSSR count). The fraction of sp³-hybridized carbons (Fsp3) is 0.158. The van der Waals surface area contributed by atoms with Crippen LogP contribution in [0.5, 0.6) is 0 Å². The summed E-state index contributed by atoms with van der Waals surface area (Å²) in [4.78, 5) is 35.5. The van der Waals surface area contributed by atoms with Crippen molar-refractivity contribution in [3.63, 3.8) is 0 Å². The molecule has 2 amide bonds. The fourth-order valence-electron chi connectivity index (χ4n) is 2.05. The van der Waals surface area contributed by atoms with Crippen LogP contribution in [0.3, 0.4) is 0 Å². The van der Waals surface area contributed by atoms with Crippen molar-refractivity contribution >= 4 is 29.2 Å². The molecular formula is C19H16FN3O4. The van der Waals surface area contributed by atoms with Crippen molar-refractivity contribution in [3.8, 4) is 6.07 Å². The van der Waals surface area contributed by atoms with Gasteiger partial charge in [-0.3, -0.25) is 9.59 Å². The normalized spacial score (nSPS) is 11.0. The SMILES string of the molecule is C[C@H](OC(=O)c1ccc(NC(=O)CC#N)cc1)C(=O)Nc1ccccc1F. The summed E-state index contributed by atoms with van der Waals surface area (Å²) in [6.07, 6.45) is -1.43. The number of carbonyl (C=O) groups is 3. The highest BCUT2D eigenvalue weighted by molar-refractivity contribution is 5.98. The molecule has 1 atom stereocenters. The molecule has 0 fully saturated rings. The Bertz CT molecular complexity index is 891. The monoisotopic (exact) mass is 369 g/mol. The molecule has 138 valence electrons. The first kappa shape index (κ1) is 19.6. The molecule has 0 radical (unpaired) electrons. The van der Waals surface area contributed by atoms with Gasteiger partial charge in [0.05, 0.1) is 17.3 Å². The summed E-state index contributed by atoms with van der Waals surface area (Å²) in [6.45, 7) is 1.37. The van der Waals surface area contributed by atoms with Crippen LogP contribution in [0.2, 0.25) is 0 Å². The van der Waals surface area contributed by atoms with Gasteiger partial charge in [-0.15, -0.1) is 0 Å². The Balaban J connectivity index is 1.93.